The average molecular weight is 497 g/mol. The first-order chi connectivity index (χ1) is 18.1. The number of carbonyl (C=O) groups excluding carboxylic acids is 1. The highest BCUT2D eigenvalue weighted by atomic mass is 16.5. The van der Waals surface area contributed by atoms with Gasteiger partial charge in [0, 0.05) is 23.7 Å². The molecule has 37 heavy (non-hydrogen) atoms. The number of amides is 1. The molecular weight excluding hydrogens is 472 g/mol. The molecule has 0 saturated carbocycles. The molecule has 0 fully saturated rings. The highest BCUT2D eigenvalue weighted by Gasteiger charge is 2.41. The minimum Gasteiger partial charge on any atom is -0.493 e. The van der Waals surface area contributed by atoms with E-state index in [1.807, 2.05) is 66.7 Å². The van der Waals surface area contributed by atoms with Crippen molar-refractivity contribution in [1.29, 1.82) is 0 Å². The number of fused-ring (bicyclic) bond motifs is 3. The van der Waals surface area contributed by atoms with Crippen LogP contribution in [0.1, 0.15) is 35.8 Å². The number of nitrogens with zero attached hydrogens (tertiary/aromatic N) is 4. The van der Waals surface area contributed by atoms with Crippen LogP contribution in [0.3, 0.4) is 0 Å². The van der Waals surface area contributed by atoms with Crippen LogP contribution in [0.2, 0.25) is 0 Å². The lowest BCUT2D eigenvalue weighted by Gasteiger charge is -2.38. The van der Waals surface area contributed by atoms with Crippen molar-refractivity contribution < 1.29 is 19.0 Å². The third kappa shape index (κ3) is 3.83. The number of para-hydroxylation sites is 1. The van der Waals surface area contributed by atoms with E-state index < -0.39 is 12.1 Å². The Kier molecular flexibility index (Phi) is 5.48. The summed E-state index contributed by atoms with van der Waals surface area (Å²) in [5.74, 6) is 2.37. The Morgan fingerprint density at radius 1 is 1.00 bits per heavy atom. The fourth-order valence-electron chi connectivity index (χ4n) is 4.90. The molecule has 0 saturated heterocycles. The van der Waals surface area contributed by atoms with Crippen LogP contribution < -0.4 is 24.8 Å². The first-order valence-corrected chi connectivity index (χ1v) is 11.7. The Bertz CT molecular complexity index is 1530. The Morgan fingerprint density at radius 3 is 2.51 bits per heavy atom. The van der Waals surface area contributed by atoms with Gasteiger partial charge in [0.05, 0.1) is 19.9 Å². The molecule has 2 N–H and O–H groups in total. The number of anilines is 2. The molecule has 3 heterocycles. The van der Waals surface area contributed by atoms with E-state index in [0.29, 0.717) is 23.1 Å². The second-order valence-electron chi connectivity index (χ2n) is 8.72. The van der Waals surface area contributed by atoms with Gasteiger partial charge in [-0.3, -0.25) is 4.79 Å². The van der Waals surface area contributed by atoms with Crippen LogP contribution >= 0.6 is 0 Å². The number of methoxy groups -OCH3 is 2. The maximum atomic E-state index is 11.5. The molecule has 2 atom stereocenters. The van der Waals surface area contributed by atoms with Crippen LogP contribution in [0.4, 0.5) is 11.6 Å². The summed E-state index contributed by atoms with van der Waals surface area (Å²) in [6, 6.07) is 20.9. The molecule has 10 heteroatoms. The van der Waals surface area contributed by atoms with Crippen LogP contribution in [0.15, 0.2) is 72.3 Å². The van der Waals surface area contributed by atoms with E-state index in [-0.39, 0.29) is 5.91 Å². The summed E-state index contributed by atoms with van der Waals surface area (Å²) in [5.41, 5.74) is 5.28. The zero-order valence-corrected chi connectivity index (χ0v) is 20.4. The van der Waals surface area contributed by atoms with Crippen molar-refractivity contribution in [3.05, 3.63) is 89.0 Å². The third-order valence-corrected chi connectivity index (χ3v) is 6.50. The molecule has 2 aliphatic heterocycles. The SMILES string of the molecule is COc1ccc([C@H]2C3=C(Nc4nnnn42)c2ccccc2O[C@@H]3c2ccc(NC(C)=O)cc2)cc1OC. The van der Waals surface area contributed by atoms with Crippen LogP contribution in [-0.4, -0.2) is 40.3 Å². The van der Waals surface area contributed by atoms with Crippen molar-refractivity contribution in [3.8, 4) is 17.2 Å². The highest BCUT2D eigenvalue weighted by Crippen LogP contribution is 2.51. The molecule has 0 aliphatic carbocycles. The molecular formula is C27H24N6O4. The number of rotatable bonds is 5. The summed E-state index contributed by atoms with van der Waals surface area (Å²) < 4.78 is 19.4. The van der Waals surface area contributed by atoms with Gasteiger partial charge in [-0.2, -0.15) is 4.68 Å². The van der Waals surface area contributed by atoms with Crippen molar-refractivity contribution in [2.75, 3.05) is 24.9 Å². The van der Waals surface area contributed by atoms with Crippen LogP contribution in [0, 0.1) is 0 Å². The summed E-state index contributed by atoms with van der Waals surface area (Å²) >= 11 is 0. The summed E-state index contributed by atoms with van der Waals surface area (Å²) in [5, 5.41) is 18.7. The van der Waals surface area contributed by atoms with E-state index in [4.69, 9.17) is 14.2 Å². The highest BCUT2D eigenvalue weighted by molar-refractivity contribution is 5.89. The number of benzene rings is 3. The maximum Gasteiger partial charge on any atom is 0.248 e. The number of hydrogen-bond acceptors (Lipinski definition) is 8. The van der Waals surface area contributed by atoms with E-state index in [1.54, 1.807) is 18.9 Å². The van der Waals surface area contributed by atoms with Gasteiger partial charge in [0.2, 0.25) is 11.9 Å². The molecule has 6 rings (SSSR count). The Balaban J connectivity index is 1.55. The first-order valence-electron chi connectivity index (χ1n) is 11.7. The molecule has 1 amide bonds. The lowest BCUT2D eigenvalue weighted by atomic mass is 9.84. The molecule has 3 aromatic carbocycles. The van der Waals surface area contributed by atoms with Gasteiger partial charge in [-0.25, -0.2) is 0 Å². The van der Waals surface area contributed by atoms with Crippen molar-refractivity contribution >= 4 is 23.2 Å². The Labute approximate surface area is 212 Å². The normalized spacial score (nSPS) is 17.5. The number of nitrogens with one attached hydrogen (secondary N) is 2. The zero-order chi connectivity index (χ0) is 25.5. The van der Waals surface area contributed by atoms with E-state index in [9.17, 15) is 4.79 Å². The second kappa shape index (κ2) is 8.98. The van der Waals surface area contributed by atoms with Crippen molar-refractivity contribution in [3.63, 3.8) is 0 Å². The van der Waals surface area contributed by atoms with Crippen molar-refractivity contribution in [1.82, 2.24) is 20.2 Å². The summed E-state index contributed by atoms with van der Waals surface area (Å²) in [4.78, 5) is 11.5. The molecule has 0 bridgehead atoms. The fraction of sp³-hybridized carbons (Fsp3) is 0.185. The third-order valence-electron chi connectivity index (χ3n) is 6.50. The van der Waals surface area contributed by atoms with Crippen LogP contribution in [0.25, 0.3) is 5.70 Å². The minimum absolute atomic E-state index is 0.128. The Morgan fingerprint density at radius 2 is 1.76 bits per heavy atom. The van der Waals surface area contributed by atoms with Gasteiger partial charge in [0.15, 0.2) is 11.5 Å². The van der Waals surface area contributed by atoms with Crippen LogP contribution in [-0.2, 0) is 4.79 Å². The van der Waals surface area contributed by atoms with Crippen molar-refractivity contribution in [2.45, 2.75) is 19.1 Å². The fourth-order valence-corrected chi connectivity index (χ4v) is 4.90. The lowest BCUT2D eigenvalue weighted by molar-refractivity contribution is -0.114. The molecule has 10 nitrogen and oxygen atoms in total. The number of ether oxygens (including phenoxy) is 3. The van der Waals surface area contributed by atoms with Crippen molar-refractivity contribution in [2.24, 2.45) is 0 Å². The summed E-state index contributed by atoms with van der Waals surface area (Å²) in [7, 11) is 3.21. The number of hydrogen-bond donors (Lipinski definition) is 2. The number of tetrazole rings is 1. The predicted molar refractivity (Wildman–Crippen MR) is 137 cm³/mol. The number of aromatic nitrogens is 4. The second-order valence-corrected chi connectivity index (χ2v) is 8.72. The summed E-state index contributed by atoms with van der Waals surface area (Å²) in [6.07, 6.45) is -0.459. The van der Waals surface area contributed by atoms with Crippen LogP contribution in [0.5, 0.6) is 17.2 Å². The van der Waals surface area contributed by atoms with Gasteiger partial charge in [-0.05, 0) is 58.0 Å². The average Bonchev–Trinajstić information content (AvgIpc) is 3.39. The quantitative estimate of drug-likeness (QED) is 0.423. The van der Waals surface area contributed by atoms with E-state index in [1.165, 1.54) is 6.92 Å². The van der Waals surface area contributed by atoms with Gasteiger partial charge in [0.1, 0.15) is 17.9 Å². The molecule has 2 aliphatic rings. The van der Waals surface area contributed by atoms with E-state index >= 15 is 0 Å². The van der Waals surface area contributed by atoms with Gasteiger partial charge < -0.3 is 24.8 Å². The van der Waals surface area contributed by atoms with Gasteiger partial charge in [-0.15, -0.1) is 0 Å². The largest absolute Gasteiger partial charge is 0.493 e. The first kappa shape index (κ1) is 22.6. The van der Waals surface area contributed by atoms with E-state index in [0.717, 1.165) is 33.7 Å². The molecule has 1 aromatic heterocycles. The predicted octanol–water partition coefficient (Wildman–Crippen LogP) is 4.21. The summed E-state index contributed by atoms with van der Waals surface area (Å²) in [6.45, 7) is 1.48. The lowest BCUT2D eigenvalue weighted by Crippen LogP contribution is -2.32. The van der Waals surface area contributed by atoms with E-state index in [2.05, 4.69) is 26.2 Å². The smallest absolute Gasteiger partial charge is 0.248 e. The maximum absolute atomic E-state index is 11.5. The van der Waals surface area contributed by atoms with Gasteiger partial charge in [-0.1, -0.05) is 35.4 Å². The Hall–Kier alpha value is -4.86. The molecule has 186 valence electrons. The molecule has 0 unspecified atom stereocenters. The monoisotopic (exact) mass is 496 g/mol. The van der Waals surface area contributed by atoms with Gasteiger partial charge >= 0.3 is 0 Å². The standard InChI is InChI=1S/C27H24N6O4/c1-15(34)28-18-11-8-16(9-12-18)26-23-24(19-6-4-5-7-20(19)37-26)29-27-30-31-32-33(27)25(23)17-10-13-21(35-2)22(14-17)36-3/h4-14,25-26H,1-3H3,(H,28,34)(H,29,30,32)/t25-,26+/m0/s1. The topological polar surface area (TPSA) is 112 Å². The zero-order valence-electron chi connectivity index (χ0n) is 20.4. The minimum atomic E-state index is -0.459. The molecule has 0 spiro atoms. The number of carbonyl (C=O) groups is 1. The molecule has 0 radical (unpaired) electrons. The molecule has 4 aromatic rings. The van der Waals surface area contributed by atoms with Gasteiger partial charge in [0.25, 0.3) is 0 Å².